The molecule has 0 radical (unpaired) electrons. The maximum Gasteiger partial charge on any atom is 0.306 e. The molecule has 2 N–H and O–H groups in total. The summed E-state index contributed by atoms with van der Waals surface area (Å²) < 4.78 is 13.7. The molecule has 1 atom stereocenters. The van der Waals surface area contributed by atoms with E-state index in [9.17, 15) is 9.90 Å². The molecule has 0 saturated heterocycles. The Kier molecular flexibility index (Phi) is 4.30. The zero-order chi connectivity index (χ0) is 18.1. The third-order valence-electron chi connectivity index (χ3n) is 4.43. The summed E-state index contributed by atoms with van der Waals surface area (Å²) in [6.07, 6.45) is 2.11. The fraction of sp³-hybridized carbons (Fsp3) is 0.211. The standard InChI is InChI=1S/C19H17N3O3S/c1-2-25-19(24)9-14(11-3-6-16-18(7-11)22-26-21-16)15-10-20-17-8-12(23)4-5-13(15)17/h3-8,10,14,20,23H,2,9H2,1H3. The van der Waals surface area contributed by atoms with Gasteiger partial charge >= 0.3 is 5.97 Å². The van der Waals surface area contributed by atoms with Crippen molar-refractivity contribution in [3.63, 3.8) is 0 Å². The van der Waals surface area contributed by atoms with E-state index < -0.39 is 0 Å². The van der Waals surface area contributed by atoms with Crippen LogP contribution < -0.4 is 0 Å². The SMILES string of the molecule is CCOC(=O)CC(c1ccc2nsnc2c1)c1c[nH]c2cc(O)ccc12. The lowest BCUT2D eigenvalue weighted by Crippen LogP contribution is -2.11. The lowest BCUT2D eigenvalue weighted by molar-refractivity contribution is -0.143. The largest absolute Gasteiger partial charge is 0.508 e. The minimum atomic E-state index is -0.248. The number of phenols is 1. The van der Waals surface area contributed by atoms with E-state index in [0.29, 0.717) is 6.61 Å². The van der Waals surface area contributed by atoms with Crippen LogP contribution in [0.25, 0.3) is 21.9 Å². The zero-order valence-electron chi connectivity index (χ0n) is 14.1. The number of hydrogen-bond donors (Lipinski definition) is 2. The summed E-state index contributed by atoms with van der Waals surface area (Å²) in [5.41, 5.74) is 4.45. The number of benzene rings is 2. The molecule has 132 valence electrons. The van der Waals surface area contributed by atoms with Crippen molar-refractivity contribution in [2.75, 3.05) is 6.61 Å². The van der Waals surface area contributed by atoms with Crippen LogP contribution in [0.4, 0.5) is 0 Å². The topological polar surface area (TPSA) is 88.1 Å². The van der Waals surface area contributed by atoms with Crippen LogP contribution in [-0.2, 0) is 9.53 Å². The van der Waals surface area contributed by atoms with Crippen molar-refractivity contribution in [3.05, 3.63) is 53.7 Å². The second-order valence-electron chi connectivity index (χ2n) is 6.05. The van der Waals surface area contributed by atoms with Gasteiger partial charge in [0, 0.05) is 29.1 Å². The molecule has 0 saturated carbocycles. The molecule has 4 aromatic rings. The van der Waals surface area contributed by atoms with Crippen LogP contribution in [0.5, 0.6) is 5.75 Å². The van der Waals surface area contributed by atoms with E-state index in [1.807, 2.05) is 30.5 Å². The third-order valence-corrected chi connectivity index (χ3v) is 4.99. The number of hydrogen-bond acceptors (Lipinski definition) is 6. The molecule has 1 unspecified atom stereocenters. The molecule has 7 heteroatoms. The summed E-state index contributed by atoms with van der Waals surface area (Å²) >= 11 is 1.17. The fourth-order valence-corrected chi connectivity index (χ4v) is 3.75. The van der Waals surface area contributed by atoms with Crippen LogP contribution >= 0.6 is 11.7 Å². The second kappa shape index (κ2) is 6.76. The van der Waals surface area contributed by atoms with Crippen molar-refractivity contribution in [1.29, 1.82) is 0 Å². The van der Waals surface area contributed by atoms with E-state index in [2.05, 4.69) is 13.7 Å². The average Bonchev–Trinajstić information content (AvgIpc) is 3.25. The molecule has 26 heavy (non-hydrogen) atoms. The van der Waals surface area contributed by atoms with Gasteiger partial charge in [-0.1, -0.05) is 6.07 Å². The van der Waals surface area contributed by atoms with Crippen molar-refractivity contribution in [3.8, 4) is 5.75 Å². The van der Waals surface area contributed by atoms with Gasteiger partial charge in [-0.15, -0.1) is 0 Å². The number of esters is 1. The van der Waals surface area contributed by atoms with Gasteiger partial charge in [0.15, 0.2) is 0 Å². The van der Waals surface area contributed by atoms with Crippen molar-refractivity contribution in [2.45, 2.75) is 19.3 Å². The number of H-pyrrole nitrogens is 1. The summed E-state index contributed by atoms with van der Waals surface area (Å²) in [4.78, 5) is 15.4. The van der Waals surface area contributed by atoms with Crippen LogP contribution in [0.2, 0.25) is 0 Å². The molecule has 0 bridgehead atoms. The molecule has 0 aliphatic rings. The molecule has 0 amide bonds. The van der Waals surface area contributed by atoms with Gasteiger partial charge in [-0.2, -0.15) is 8.75 Å². The number of nitrogens with one attached hydrogen (secondary N) is 1. The Labute approximate surface area is 153 Å². The molecule has 4 rings (SSSR count). The van der Waals surface area contributed by atoms with Gasteiger partial charge in [0.2, 0.25) is 0 Å². The van der Waals surface area contributed by atoms with Crippen molar-refractivity contribution in [2.24, 2.45) is 0 Å². The highest BCUT2D eigenvalue weighted by molar-refractivity contribution is 7.00. The van der Waals surface area contributed by atoms with Crippen LogP contribution in [0.1, 0.15) is 30.4 Å². The second-order valence-corrected chi connectivity index (χ2v) is 6.58. The van der Waals surface area contributed by atoms with Crippen molar-refractivity contribution >= 4 is 39.6 Å². The first kappa shape index (κ1) is 16.5. The summed E-state index contributed by atoms with van der Waals surface area (Å²) in [7, 11) is 0. The number of ether oxygens (including phenoxy) is 1. The van der Waals surface area contributed by atoms with Gasteiger partial charge in [0.25, 0.3) is 0 Å². The number of aromatic nitrogens is 3. The van der Waals surface area contributed by atoms with E-state index in [-0.39, 0.29) is 24.1 Å². The number of rotatable bonds is 5. The van der Waals surface area contributed by atoms with Gasteiger partial charge < -0.3 is 14.8 Å². The first-order valence-electron chi connectivity index (χ1n) is 8.33. The molecule has 0 spiro atoms. The minimum Gasteiger partial charge on any atom is -0.508 e. The van der Waals surface area contributed by atoms with Crippen molar-refractivity contribution < 1.29 is 14.6 Å². The lowest BCUT2D eigenvalue weighted by Gasteiger charge is -2.16. The Bertz CT molecular complexity index is 1090. The number of carbonyl (C=O) groups excluding carboxylic acids is 1. The zero-order valence-corrected chi connectivity index (χ0v) is 14.9. The molecule has 2 aromatic carbocycles. The Hall–Kier alpha value is -2.93. The van der Waals surface area contributed by atoms with E-state index in [1.54, 1.807) is 19.1 Å². The van der Waals surface area contributed by atoms with Gasteiger partial charge in [0.05, 0.1) is 24.8 Å². The summed E-state index contributed by atoms with van der Waals surface area (Å²) in [5.74, 6) is -0.233. The summed E-state index contributed by atoms with van der Waals surface area (Å²) in [6.45, 7) is 2.15. The first-order valence-corrected chi connectivity index (χ1v) is 9.06. The Balaban J connectivity index is 1.82. The van der Waals surface area contributed by atoms with Crippen LogP contribution in [-0.4, -0.2) is 31.4 Å². The van der Waals surface area contributed by atoms with E-state index in [1.165, 1.54) is 11.7 Å². The quantitative estimate of drug-likeness (QED) is 0.521. The number of aromatic hydroxyl groups is 1. The number of aromatic amines is 1. The fourth-order valence-electron chi connectivity index (χ4n) is 3.23. The van der Waals surface area contributed by atoms with E-state index in [0.717, 1.165) is 33.1 Å². The van der Waals surface area contributed by atoms with Gasteiger partial charge in [-0.3, -0.25) is 4.79 Å². The van der Waals surface area contributed by atoms with Crippen molar-refractivity contribution in [1.82, 2.24) is 13.7 Å². The monoisotopic (exact) mass is 367 g/mol. The van der Waals surface area contributed by atoms with Gasteiger partial charge in [-0.25, -0.2) is 0 Å². The van der Waals surface area contributed by atoms with Gasteiger partial charge in [-0.05, 0) is 42.3 Å². The smallest absolute Gasteiger partial charge is 0.306 e. The molecule has 0 aliphatic heterocycles. The third kappa shape index (κ3) is 3.01. The predicted molar refractivity (Wildman–Crippen MR) is 100 cm³/mol. The molecule has 2 aromatic heterocycles. The number of phenolic OH excluding ortho intramolecular Hbond substituents is 1. The van der Waals surface area contributed by atoms with Crippen LogP contribution in [0.3, 0.4) is 0 Å². The normalized spacial score (nSPS) is 12.5. The molecular formula is C19H17N3O3S. The van der Waals surface area contributed by atoms with Gasteiger partial charge in [0.1, 0.15) is 16.8 Å². The Morgan fingerprint density at radius 3 is 2.92 bits per heavy atom. The number of nitrogens with zero attached hydrogens (tertiary/aromatic N) is 2. The van der Waals surface area contributed by atoms with Crippen LogP contribution in [0.15, 0.2) is 42.6 Å². The number of carbonyl (C=O) groups is 1. The molecule has 0 aliphatic carbocycles. The predicted octanol–water partition coefficient (Wildman–Crippen LogP) is 3.96. The Morgan fingerprint density at radius 1 is 1.23 bits per heavy atom. The molecule has 2 heterocycles. The highest BCUT2D eigenvalue weighted by Gasteiger charge is 2.23. The minimum absolute atomic E-state index is 0.182. The van der Waals surface area contributed by atoms with E-state index >= 15 is 0 Å². The molecule has 0 fully saturated rings. The van der Waals surface area contributed by atoms with Crippen LogP contribution in [0, 0.1) is 0 Å². The first-order chi connectivity index (χ1) is 12.7. The number of fused-ring (bicyclic) bond motifs is 2. The Morgan fingerprint density at radius 2 is 2.08 bits per heavy atom. The molecular weight excluding hydrogens is 350 g/mol. The summed E-state index contributed by atoms with van der Waals surface area (Å²) in [6, 6.07) is 11.1. The highest BCUT2D eigenvalue weighted by Crippen LogP contribution is 2.35. The maximum atomic E-state index is 12.2. The average molecular weight is 367 g/mol. The van der Waals surface area contributed by atoms with E-state index in [4.69, 9.17) is 4.74 Å². The molecule has 6 nitrogen and oxygen atoms in total. The summed E-state index contributed by atoms with van der Waals surface area (Å²) in [5, 5.41) is 10.7. The maximum absolute atomic E-state index is 12.2. The highest BCUT2D eigenvalue weighted by atomic mass is 32.1. The lowest BCUT2D eigenvalue weighted by atomic mass is 9.88.